The van der Waals surface area contributed by atoms with Crippen LogP contribution < -0.4 is 4.90 Å². The van der Waals surface area contributed by atoms with Gasteiger partial charge in [0.2, 0.25) is 0 Å². The average molecular weight is 306 g/mol. The zero-order valence-corrected chi connectivity index (χ0v) is 11.4. The third kappa shape index (κ3) is 2.79. The van der Waals surface area contributed by atoms with Gasteiger partial charge in [-0.2, -0.15) is 0 Å². The van der Waals surface area contributed by atoms with Gasteiger partial charge in [-0.3, -0.25) is 0 Å². The van der Waals surface area contributed by atoms with Gasteiger partial charge in [0.1, 0.15) is 5.82 Å². The molecule has 18 heavy (non-hydrogen) atoms. The van der Waals surface area contributed by atoms with Crippen LogP contribution in [0.5, 0.6) is 0 Å². The fourth-order valence-electron chi connectivity index (χ4n) is 1.77. The highest BCUT2D eigenvalue weighted by molar-refractivity contribution is 9.10. The third-order valence-electron chi connectivity index (χ3n) is 2.58. The Morgan fingerprint density at radius 1 is 1.17 bits per heavy atom. The highest BCUT2D eigenvalue weighted by Crippen LogP contribution is 2.30. The molecule has 0 saturated carbocycles. The molecular weight excluding hydrogens is 293 g/mol. The van der Waals surface area contributed by atoms with Crippen molar-refractivity contribution in [2.75, 3.05) is 11.4 Å². The molecule has 0 spiro atoms. The lowest BCUT2D eigenvalue weighted by molar-refractivity contribution is 0.626. The largest absolute Gasteiger partial charge is 0.335 e. The van der Waals surface area contributed by atoms with Crippen LogP contribution in [0.15, 0.2) is 65.7 Å². The van der Waals surface area contributed by atoms with Crippen molar-refractivity contribution in [1.29, 1.82) is 0 Å². The Hall–Kier alpha value is -1.61. The molecule has 0 amide bonds. The highest BCUT2D eigenvalue weighted by atomic mass is 79.9. The number of hydrogen-bond donors (Lipinski definition) is 0. The predicted octanol–water partition coefficient (Wildman–Crippen LogP) is 4.91. The van der Waals surface area contributed by atoms with E-state index in [4.69, 9.17) is 0 Å². The molecule has 0 aliphatic rings. The lowest BCUT2D eigenvalue weighted by Gasteiger charge is -2.24. The van der Waals surface area contributed by atoms with Gasteiger partial charge in [-0.25, -0.2) is 4.39 Å². The molecule has 3 heteroatoms. The van der Waals surface area contributed by atoms with Crippen molar-refractivity contribution in [3.63, 3.8) is 0 Å². The van der Waals surface area contributed by atoms with Crippen LogP contribution in [0.25, 0.3) is 0 Å². The molecule has 0 fully saturated rings. The first kappa shape index (κ1) is 12.8. The van der Waals surface area contributed by atoms with Crippen molar-refractivity contribution in [2.24, 2.45) is 0 Å². The zero-order chi connectivity index (χ0) is 13.0. The molecule has 0 aliphatic heterocycles. The van der Waals surface area contributed by atoms with Gasteiger partial charge in [-0.05, 0) is 30.3 Å². The summed E-state index contributed by atoms with van der Waals surface area (Å²) in [4.78, 5) is 1.88. The summed E-state index contributed by atoms with van der Waals surface area (Å²) in [6.07, 6.45) is 1.76. The second-order valence-corrected chi connectivity index (χ2v) is 4.75. The molecule has 2 rings (SSSR count). The van der Waals surface area contributed by atoms with E-state index in [1.54, 1.807) is 18.2 Å². The molecule has 0 aromatic heterocycles. The fraction of sp³-hybridized carbons (Fsp3) is 0.0667. The van der Waals surface area contributed by atoms with E-state index in [0.717, 1.165) is 10.2 Å². The number of benzene rings is 2. The fourth-order valence-corrected chi connectivity index (χ4v) is 2.12. The number of hydrogen-bond acceptors (Lipinski definition) is 1. The molecule has 0 unspecified atom stereocenters. The van der Waals surface area contributed by atoms with Crippen LogP contribution in [0.2, 0.25) is 0 Å². The summed E-state index contributed by atoms with van der Waals surface area (Å²) in [5.74, 6) is -0.246. The Balaban J connectivity index is 2.47. The van der Waals surface area contributed by atoms with Crippen molar-refractivity contribution in [1.82, 2.24) is 0 Å². The summed E-state index contributed by atoms with van der Waals surface area (Å²) in [5, 5.41) is 0. The van der Waals surface area contributed by atoms with Crippen LogP contribution >= 0.6 is 15.9 Å². The van der Waals surface area contributed by atoms with E-state index in [-0.39, 0.29) is 5.82 Å². The summed E-state index contributed by atoms with van der Waals surface area (Å²) in [5.41, 5.74) is 1.48. The molecule has 2 aromatic rings. The second kappa shape index (κ2) is 5.83. The smallest absolute Gasteiger partial charge is 0.146 e. The molecule has 92 valence electrons. The molecule has 0 atom stereocenters. The topological polar surface area (TPSA) is 3.24 Å². The van der Waals surface area contributed by atoms with Gasteiger partial charge >= 0.3 is 0 Å². The van der Waals surface area contributed by atoms with Crippen molar-refractivity contribution in [2.45, 2.75) is 0 Å². The van der Waals surface area contributed by atoms with E-state index in [1.807, 2.05) is 35.2 Å². The van der Waals surface area contributed by atoms with Crippen LogP contribution in [0.3, 0.4) is 0 Å². The van der Waals surface area contributed by atoms with Crippen molar-refractivity contribution in [3.8, 4) is 0 Å². The summed E-state index contributed by atoms with van der Waals surface area (Å²) in [6.45, 7) is 4.28. The van der Waals surface area contributed by atoms with E-state index in [2.05, 4.69) is 22.5 Å². The highest BCUT2D eigenvalue weighted by Gasteiger charge is 2.12. The number of halogens is 2. The van der Waals surface area contributed by atoms with Crippen LogP contribution in [0.1, 0.15) is 0 Å². The van der Waals surface area contributed by atoms with Crippen LogP contribution in [-0.2, 0) is 0 Å². The average Bonchev–Trinajstić information content (AvgIpc) is 2.40. The Morgan fingerprint density at radius 2 is 1.89 bits per heavy atom. The first-order valence-electron chi connectivity index (χ1n) is 5.61. The van der Waals surface area contributed by atoms with Crippen molar-refractivity contribution < 1.29 is 4.39 Å². The van der Waals surface area contributed by atoms with E-state index in [0.29, 0.717) is 12.2 Å². The normalized spacial score (nSPS) is 10.1. The van der Waals surface area contributed by atoms with E-state index in [9.17, 15) is 4.39 Å². The number of rotatable bonds is 4. The van der Waals surface area contributed by atoms with Gasteiger partial charge in [0.25, 0.3) is 0 Å². The Labute approximate surface area is 115 Å². The van der Waals surface area contributed by atoms with Gasteiger partial charge in [0.15, 0.2) is 0 Å². The minimum absolute atomic E-state index is 0.246. The number of para-hydroxylation sites is 1. The lowest BCUT2D eigenvalue weighted by atomic mass is 10.2. The van der Waals surface area contributed by atoms with Gasteiger partial charge in [-0.15, -0.1) is 6.58 Å². The molecular formula is C15H13BrFN. The molecule has 0 radical (unpaired) electrons. The number of anilines is 2. The molecule has 0 N–H and O–H groups in total. The van der Waals surface area contributed by atoms with Crippen molar-refractivity contribution >= 4 is 27.3 Å². The Bertz CT molecular complexity index is 539. The summed E-state index contributed by atoms with van der Waals surface area (Å²) < 4.78 is 14.8. The van der Waals surface area contributed by atoms with Crippen molar-refractivity contribution in [3.05, 3.63) is 71.5 Å². The van der Waals surface area contributed by atoms with E-state index < -0.39 is 0 Å². The molecule has 1 nitrogen and oxygen atoms in total. The number of nitrogens with zero attached hydrogens (tertiary/aromatic N) is 1. The van der Waals surface area contributed by atoms with E-state index >= 15 is 0 Å². The summed E-state index contributed by atoms with van der Waals surface area (Å²) in [7, 11) is 0. The summed E-state index contributed by atoms with van der Waals surface area (Å²) >= 11 is 3.37. The molecule has 2 aromatic carbocycles. The van der Waals surface area contributed by atoms with Gasteiger partial charge in [0.05, 0.1) is 5.69 Å². The SMILES string of the molecule is C=CCN(c1ccccc1)c1cc(Br)ccc1F. The standard InChI is InChI=1S/C15H13BrFN/c1-2-10-18(13-6-4-3-5-7-13)15-11-12(16)8-9-14(15)17/h2-9,11H,1,10H2. The summed E-state index contributed by atoms with van der Waals surface area (Å²) in [6, 6.07) is 14.6. The maximum absolute atomic E-state index is 13.9. The third-order valence-corrected chi connectivity index (χ3v) is 3.07. The molecule has 0 heterocycles. The van der Waals surface area contributed by atoms with Crippen LogP contribution in [0, 0.1) is 5.82 Å². The van der Waals surface area contributed by atoms with Crippen LogP contribution in [0.4, 0.5) is 15.8 Å². The molecule has 0 bridgehead atoms. The lowest BCUT2D eigenvalue weighted by Crippen LogP contribution is -2.17. The maximum atomic E-state index is 13.9. The van der Waals surface area contributed by atoms with E-state index in [1.165, 1.54) is 6.07 Å². The van der Waals surface area contributed by atoms with Crippen LogP contribution in [-0.4, -0.2) is 6.54 Å². The molecule has 0 aliphatic carbocycles. The Kier molecular flexibility index (Phi) is 4.15. The van der Waals surface area contributed by atoms with Gasteiger partial charge < -0.3 is 4.90 Å². The van der Waals surface area contributed by atoms with Gasteiger partial charge in [0, 0.05) is 16.7 Å². The monoisotopic (exact) mass is 305 g/mol. The predicted molar refractivity (Wildman–Crippen MR) is 77.7 cm³/mol. The Morgan fingerprint density at radius 3 is 2.56 bits per heavy atom. The first-order chi connectivity index (χ1) is 8.72. The maximum Gasteiger partial charge on any atom is 0.146 e. The minimum Gasteiger partial charge on any atom is -0.335 e. The minimum atomic E-state index is -0.246. The first-order valence-corrected chi connectivity index (χ1v) is 6.40. The zero-order valence-electron chi connectivity index (χ0n) is 9.81. The molecule has 0 saturated heterocycles. The quantitative estimate of drug-likeness (QED) is 0.725. The van der Waals surface area contributed by atoms with Gasteiger partial charge in [-0.1, -0.05) is 40.2 Å². The second-order valence-electron chi connectivity index (χ2n) is 3.83.